The molecule has 0 aliphatic carbocycles. The zero-order valence-electron chi connectivity index (χ0n) is 13.5. The van der Waals surface area contributed by atoms with Gasteiger partial charge in [-0.2, -0.15) is 0 Å². The van der Waals surface area contributed by atoms with Gasteiger partial charge in [0.2, 0.25) is 0 Å². The molecule has 0 atom stereocenters. The molecular formula is C15H24N2O4S. The van der Waals surface area contributed by atoms with Gasteiger partial charge in [0.1, 0.15) is 5.60 Å². The van der Waals surface area contributed by atoms with Crippen LogP contribution in [-0.2, 0) is 16.0 Å². The summed E-state index contributed by atoms with van der Waals surface area (Å²) in [5.74, 6) is 0. The van der Waals surface area contributed by atoms with Crippen molar-refractivity contribution in [3.8, 4) is 0 Å². The number of alkyl carbamates (subject to hydrolysis) is 1. The Morgan fingerprint density at radius 1 is 1.36 bits per heavy atom. The van der Waals surface area contributed by atoms with Gasteiger partial charge in [0.15, 0.2) is 0 Å². The quantitative estimate of drug-likeness (QED) is 0.870. The fourth-order valence-electron chi connectivity index (χ4n) is 1.65. The van der Waals surface area contributed by atoms with E-state index in [0.29, 0.717) is 26.2 Å². The summed E-state index contributed by atoms with van der Waals surface area (Å²) in [5, 5.41) is 4.60. The molecule has 2 amide bonds. The van der Waals surface area contributed by atoms with E-state index in [-0.39, 0.29) is 6.09 Å². The molecule has 0 fully saturated rings. The second-order valence-electron chi connectivity index (χ2n) is 5.63. The SMILES string of the molecule is CCOC(=O)N(CCNC(=O)OC(C)(C)C)Cc1cccs1. The number of ether oxygens (including phenoxy) is 2. The Balaban J connectivity index is 2.47. The number of carbonyl (C=O) groups is 2. The lowest BCUT2D eigenvalue weighted by atomic mass is 10.2. The first kappa shape index (κ1) is 18.3. The Morgan fingerprint density at radius 3 is 2.64 bits per heavy atom. The molecule has 1 aromatic heterocycles. The molecule has 0 saturated heterocycles. The highest BCUT2D eigenvalue weighted by Crippen LogP contribution is 2.12. The number of carbonyl (C=O) groups excluding carboxylic acids is 2. The van der Waals surface area contributed by atoms with E-state index >= 15 is 0 Å². The zero-order valence-corrected chi connectivity index (χ0v) is 14.4. The number of nitrogens with one attached hydrogen (secondary N) is 1. The van der Waals surface area contributed by atoms with Crippen molar-refractivity contribution in [2.24, 2.45) is 0 Å². The molecule has 0 aliphatic heterocycles. The van der Waals surface area contributed by atoms with Crippen LogP contribution in [0.1, 0.15) is 32.6 Å². The van der Waals surface area contributed by atoms with Gasteiger partial charge in [-0.05, 0) is 39.1 Å². The lowest BCUT2D eigenvalue weighted by molar-refractivity contribution is 0.0516. The number of hydrogen-bond donors (Lipinski definition) is 1. The number of amides is 2. The van der Waals surface area contributed by atoms with Crippen LogP contribution in [0, 0.1) is 0 Å². The van der Waals surface area contributed by atoms with Crippen LogP contribution in [0.2, 0.25) is 0 Å². The second kappa shape index (κ2) is 8.63. The first-order valence-electron chi connectivity index (χ1n) is 7.22. The molecule has 0 bridgehead atoms. The molecule has 0 aromatic carbocycles. The van der Waals surface area contributed by atoms with E-state index < -0.39 is 11.7 Å². The molecule has 1 heterocycles. The number of thiophene rings is 1. The summed E-state index contributed by atoms with van der Waals surface area (Å²) in [6.45, 7) is 8.61. The van der Waals surface area contributed by atoms with Crippen LogP contribution < -0.4 is 5.32 Å². The average Bonchev–Trinajstić information content (AvgIpc) is 2.88. The van der Waals surface area contributed by atoms with Crippen LogP contribution in [0.15, 0.2) is 17.5 Å². The van der Waals surface area contributed by atoms with E-state index in [2.05, 4.69) is 5.32 Å². The summed E-state index contributed by atoms with van der Waals surface area (Å²) in [4.78, 5) is 26.1. The van der Waals surface area contributed by atoms with Gasteiger partial charge in [-0.15, -0.1) is 11.3 Å². The maximum Gasteiger partial charge on any atom is 0.410 e. The molecule has 0 unspecified atom stereocenters. The van der Waals surface area contributed by atoms with Crippen LogP contribution in [0.5, 0.6) is 0 Å². The van der Waals surface area contributed by atoms with Crippen LogP contribution >= 0.6 is 11.3 Å². The lowest BCUT2D eigenvalue weighted by Crippen LogP contribution is -2.40. The summed E-state index contributed by atoms with van der Waals surface area (Å²) in [6, 6.07) is 3.89. The molecular weight excluding hydrogens is 304 g/mol. The average molecular weight is 328 g/mol. The standard InChI is InChI=1S/C15H24N2O4S/c1-5-20-14(19)17(11-12-7-6-10-22-12)9-8-16-13(18)21-15(2,3)4/h6-7,10H,5,8-9,11H2,1-4H3,(H,16,18). The van der Waals surface area contributed by atoms with Crippen molar-refractivity contribution < 1.29 is 19.1 Å². The lowest BCUT2D eigenvalue weighted by Gasteiger charge is -2.23. The largest absolute Gasteiger partial charge is 0.450 e. The zero-order chi connectivity index (χ0) is 16.6. The van der Waals surface area contributed by atoms with E-state index in [0.717, 1.165) is 4.88 Å². The Kier molecular flexibility index (Phi) is 7.17. The molecule has 1 N–H and O–H groups in total. The fourth-order valence-corrected chi connectivity index (χ4v) is 2.37. The molecule has 1 rings (SSSR count). The normalized spacial score (nSPS) is 10.9. The van der Waals surface area contributed by atoms with Gasteiger partial charge in [0, 0.05) is 18.0 Å². The highest BCUT2D eigenvalue weighted by molar-refractivity contribution is 7.09. The van der Waals surface area contributed by atoms with Gasteiger partial charge in [-0.3, -0.25) is 0 Å². The molecule has 0 spiro atoms. The Labute approximate surface area is 135 Å². The van der Waals surface area contributed by atoms with E-state index in [9.17, 15) is 9.59 Å². The predicted molar refractivity (Wildman–Crippen MR) is 86.0 cm³/mol. The summed E-state index contributed by atoms with van der Waals surface area (Å²) >= 11 is 1.57. The highest BCUT2D eigenvalue weighted by Gasteiger charge is 2.18. The molecule has 22 heavy (non-hydrogen) atoms. The maximum atomic E-state index is 11.9. The summed E-state index contributed by atoms with van der Waals surface area (Å²) in [6.07, 6.45) is -0.880. The minimum Gasteiger partial charge on any atom is -0.450 e. The van der Waals surface area contributed by atoms with Crippen molar-refractivity contribution in [1.29, 1.82) is 0 Å². The first-order valence-corrected chi connectivity index (χ1v) is 8.10. The molecule has 0 saturated carbocycles. The third-order valence-corrected chi connectivity index (χ3v) is 3.36. The summed E-state index contributed by atoms with van der Waals surface area (Å²) in [5.41, 5.74) is -0.540. The third kappa shape index (κ3) is 7.31. The van der Waals surface area contributed by atoms with Crippen LogP contribution in [0.4, 0.5) is 9.59 Å². The highest BCUT2D eigenvalue weighted by atomic mass is 32.1. The Hall–Kier alpha value is -1.76. The monoisotopic (exact) mass is 328 g/mol. The molecule has 6 nitrogen and oxygen atoms in total. The third-order valence-electron chi connectivity index (χ3n) is 2.50. The summed E-state index contributed by atoms with van der Waals surface area (Å²) in [7, 11) is 0. The van der Waals surface area contributed by atoms with E-state index in [1.807, 2.05) is 17.5 Å². The number of hydrogen-bond acceptors (Lipinski definition) is 5. The second-order valence-corrected chi connectivity index (χ2v) is 6.66. The molecule has 7 heteroatoms. The minimum atomic E-state index is -0.540. The van der Waals surface area contributed by atoms with Gasteiger partial charge in [-0.1, -0.05) is 6.07 Å². The van der Waals surface area contributed by atoms with E-state index in [4.69, 9.17) is 9.47 Å². The van der Waals surface area contributed by atoms with E-state index in [1.165, 1.54) is 0 Å². The van der Waals surface area contributed by atoms with Gasteiger partial charge in [0.25, 0.3) is 0 Å². The summed E-state index contributed by atoms with van der Waals surface area (Å²) < 4.78 is 10.2. The maximum absolute atomic E-state index is 11.9. The minimum absolute atomic E-state index is 0.305. The van der Waals surface area contributed by atoms with Crippen molar-refractivity contribution in [3.05, 3.63) is 22.4 Å². The van der Waals surface area contributed by atoms with Crippen molar-refractivity contribution in [1.82, 2.24) is 10.2 Å². The fraction of sp³-hybridized carbons (Fsp3) is 0.600. The molecule has 1 aromatic rings. The van der Waals surface area contributed by atoms with Gasteiger partial charge in [-0.25, -0.2) is 9.59 Å². The molecule has 0 radical (unpaired) electrons. The van der Waals surface area contributed by atoms with Gasteiger partial charge in [0.05, 0.1) is 13.2 Å². The smallest absolute Gasteiger partial charge is 0.410 e. The number of rotatable bonds is 6. The van der Waals surface area contributed by atoms with Gasteiger partial charge < -0.3 is 19.7 Å². The van der Waals surface area contributed by atoms with Crippen LogP contribution in [0.3, 0.4) is 0 Å². The predicted octanol–water partition coefficient (Wildman–Crippen LogP) is 3.23. The van der Waals surface area contributed by atoms with Crippen molar-refractivity contribution in [3.63, 3.8) is 0 Å². The molecule has 124 valence electrons. The van der Waals surface area contributed by atoms with Crippen molar-refractivity contribution >= 4 is 23.5 Å². The Bertz CT molecular complexity index is 468. The number of nitrogens with zero attached hydrogens (tertiary/aromatic N) is 1. The van der Waals surface area contributed by atoms with Crippen molar-refractivity contribution in [2.45, 2.75) is 39.8 Å². The van der Waals surface area contributed by atoms with Crippen LogP contribution in [-0.4, -0.2) is 42.4 Å². The first-order chi connectivity index (χ1) is 10.3. The molecule has 0 aliphatic rings. The topological polar surface area (TPSA) is 67.9 Å². The Morgan fingerprint density at radius 2 is 2.09 bits per heavy atom. The van der Waals surface area contributed by atoms with Crippen molar-refractivity contribution in [2.75, 3.05) is 19.7 Å². The van der Waals surface area contributed by atoms with Gasteiger partial charge >= 0.3 is 12.2 Å². The van der Waals surface area contributed by atoms with Crippen LogP contribution in [0.25, 0.3) is 0 Å². The van der Waals surface area contributed by atoms with E-state index in [1.54, 1.807) is 43.9 Å².